The van der Waals surface area contributed by atoms with Gasteiger partial charge in [0.15, 0.2) is 5.78 Å². The molecule has 0 aliphatic heterocycles. The molecule has 6 nitrogen and oxygen atoms in total. The van der Waals surface area contributed by atoms with Crippen LogP contribution in [0.1, 0.15) is 42.6 Å². The SMILES string of the molecule is CCOc1ccc(C(=O)CCC(=O)N(C)CC(=O)Nc2ccccc2CC)cc1. The van der Waals surface area contributed by atoms with Crippen molar-refractivity contribution >= 4 is 23.3 Å². The Morgan fingerprint density at radius 3 is 2.31 bits per heavy atom. The first kappa shape index (κ1) is 22.1. The quantitative estimate of drug-likeness (QED) is 0.621. The summed E-state index contributed by atoms with van der Waals surface area (Å²) < 4.78 is 5.35. The van der Waals surface area contributed by atoms with Crippen LogP contribution in [-0.2, 0) is 16.0 Å². The second-order valence-corrected chi connectivity index (χ2v) is 6.69. The third-order valence-corrected chi connectivity index (χ3v) is 4.53. The van der Waals surface area contributed by atoms with Crippen molar-refractivity contribution in [3.8, 4) is 5.75 Å². The molecule has 2 aromatic carbocycles. The number of para-hydroxylation sites is 1. The Bertz CT molecular complexity index is 846. The molecule has 0 saturated heterocycles. The molecule has 0 atom stereocenters. The highest BCUT2D eigenvalue weighted by Crippen LogP contribution is 2.16. The summed E-state index contributed by atoms with van der Waals surface area (Å²) in [5.74, 6) is 0.0782. The number of benzene rings is 2. The number of likely N-dealkylation sites (N-methyl/N-ethyl adjacent to an activating group) is 1. The molecule has 0 aromatic heterocycles. The van der Waals surface area contributed by atoms with Gasteiger partial charge in [-0.3, -0.25) is 14.4 Å². The molecule has 0 aliphatic rings. The van der Waals surface area contributed by atoms with Gasteiger partial charge in [-0.2, -0.15) is 0 Å². The lowest BCUT2D eigenvalue weighted by molar-refractivity contribution is -0.133. The summed E-state index contributed by atoms with van der Waals surface area (Å²) in [6, 6.07) is 14.4. The van der Waals surface area contributed by atoms with Crippen LogP contribution in [0.2, 0.25) is 0 Å². The summed E-state index contributed by atoms with van der Waals surface area (Å²) >= 11 is 0. The van der Waals surface area contributed by atoms with Gasteiger partial charge in [-0.15, -0.1) is 0 Å². The Kier molecular flexibility index (Phi) is 8.40. The Morgan fingerprint density at radius 2 is 1.66 bits per heavy atom. The van der Waals surface area contributed by atoms with Crippen LogP contribution < -0.4 is 10.1 Å². The van der Waals surface area contributed by atoms with Crippen molar-refractivity contribution in [2.24, 2.45) is 0 Å². The van der Waals surface area contributed by atoms with Gasteiger partial charge in [0.1, 0.15) is 5.75 Å². The Morgan fingerprint density at radius 1 is 0.966 bits per heavy atom. The third-order valence-electron chi connectivity index (χ3n) is 4.53. The molecule has 0 fully saturated rings. The first-order chi connectivity index (χ1) is 13.9. The summed E-state index contributed by atoms with van der Waals surface area (Å²) in [6.45, 7) is 4.41. The molecule has 2 rings (SSSR count). The average Bonchev–Trinajstić information content (AvgIpc) is 2.72. The van der Waals surface area contributed by atoms with Gasteiger partial charge in [-0.1, -0.05) is 25.1 Å². The summed E-state index contributed by atoms with van der Waals surface area (Å²) in [4.78, 5) is 38.2. The van der Waals surface area contributed by atoms with Gasteiger partial charge in [0.2, 0.25) is 11.8 Å². The smallest absolute Gasteiger partial charge is 0.243 e. The summed E-state index contributed by atoms with van der Waals surface area (Å²) in [6.07, 6.45) is 0.956. The van der Waals surface area contributed by atoms with Gasteiger partial charge in [-0.05, 0) is 49.2 Å². The number of Topliss-reactive ketones (excluding diaryl/α,β-unsaturated/α-hetero) is 1. The molecule has 0 saturated carbocycles. The summed E-state index contributed by atoms with van der Waals surface area (Å²) in [5.41, 5.74) is 2.33. The fourth-order valence-corrected chi connectivity index (χ4v) is 2.90. The zero-order valence-electron chi connectivity index (χ0n) is 17.2. The van der Waals surface area contributed by atoms with Gasteiger partial charge in [0, 0.05) is 31.1 Å². The van der Waals surface area contributed by atoms with E-state index in [2.05, 4.69) is 5.32 Å². The van der Waals surface area contributed by atoms with E-state index in [1.54, 1.807) is 31.3 Å². The van der Waals surface area contributed by atoms with E-state index in [0.717, 1.165) is 17.7 Å². The largest absolute Gasteiger partial charge is 0.494 e. The molecule has 0 unspecified atom stereocenters. The topological polar surface area (TPSA) is 75.7 Å². The van der Waals surface area contributed by atoms with Crippen molar-refractivity contribution in [1.29, 1.82) is 0 Å². The number of carbonyl (C=O) groups excluding carboxylic acids is 3. The van der Waals surface area contributed by atoms with Crippen molar-refractivity contribution in [3.63, 3.8) is 0 Å². The predicted octanol–water partition coefficient (Wildman–Crippen LogP) is 3.71. The van der Waals surface area contributed by atoms with E-state index in [1.807, 2.05) is 38.1 Å². The van der Waals surface area contributed by atoms with Crippen LogP contribution >= 0.6 is 0 Å². The van der Waals surface area contributed by atoms with Crippen LogP contribution in [0.3, 0.4) is 0 Å². The van der Waals surface area contributed by atoms with Crippen molar-refractivity contribution in [2.75, 3.05) is 25.5 Å². The zero-order chi connectivity index (χ0) is 21.2. The Hall–Kier alpha value is -3.15. The van der Waals surface area contributed by atoms with Crippen LogP contribution in [0, 0.1) is 0 Å². The van der Waals surface area contributed by atoms with E-state index in [4.69, 9.17) is 4.74 Å². The molecule has 6 heteroatoms. The van der Waals surface area contributed by atoms with E-state index in [0.29, 0.717) is 17.9 Å². The fourth-order valence-electron chi connectivity index (χ4n) is 2.90. The first-order valence-corrected chi connectivity index (χ1v) is 9.82. The van der Waals surface area contributed by atoms with Gasteiger partial charge >= 0.3 is 0 Å². The molecule has 2 aromatic rings. The molecule has 0 spiro atoms. The predicted molar refractivity (Wildman–Crippen MR) is 113 cm³/mol. The van der Waals surface area contributed by atoms with E-state index < -0.39 is 0 Å². The molecule has 0 heterocycles. The second kappa shape index (κ2) is 11.0. The maximum atomic E-state index is 12.3. The van der Waals surface area contributed by atoms with E-state index >= 15 is 0 Å². The zero-order valence-corrected chi connectivity index (χ0v) is 17.2. The van der Waals surface area contributed by atoms with E-state index in [-0.39, 0.29) is 37.0 Å². The molecule has 1 N–H and O–H groups in total. The minimum absolute atomic E-state index is 0.0569. The van der Waals surface area contributed by atoms with Crippen molar-refractivity contribution in [3.05, 3.63) is 59.7 Å². The first-order valence-electron chi connectivity index (χ1n) is 9.82. The van der Waals surface area contributed by atoms with Crippen LogP contribution in [0.25, 0.3) is 0 Å². The maximum Gasteiger partial charge on any atom is 0.243 e. The number of ketones is 1. The average molecular weight is 396 g/mol. The van der Waals surface area contributed by atoms with Crippen molar-refractivity contribution in [2.45, 2.75) is 33.1 Å². The van der Waals surface area contributed by atoms with E-state index in [1.165, 1.54) is 4.90 Å². The second-order valence-electron chi connectivity index (χ2n) is 6.69. The van der Waals surface area contributed by atoms with Crippen molar-refractivity contribution in [1.82, 2.24) is 4.90 Å². The molecule has 154 valence electrons. The fraction of sp³-hybridized carbons (Fsp3) is 0.348. The molecular weight excluding hydrogens is 368 g/mol. The third kappa shape index (κ3) is 6.75. The Labute approximate surface area is 171 Å². The normalized spacial score (nSPS) is 10.3. The summed E-state index contributed by atoms with van der Waals surface area (Å²) in [7, 11) is 1.56. The highest BCUT2D eigenvalue weighted by atomic mass is 16.5. The van der Waals surface area contributed by atoms with Crippen molar-refractivity contribution < 1.29 is 19.1 Å². The lowest BCUT2D eigenvalue weighted by atomic mass is 10.1. The lowest BCUT2D eigenvalue weighted by Crippen LogP contribution is -2.35. The van der Waals surface area contributed by atoms with Gasteiger partial charge in [-0.25, -0.2) is 0 Å². The lowest BCUT2D eigenvalue weighted by Gasteiger charge is -2.17. The van der Waals surface area contributed by atoms with Crippen LogP contribution in [-0.4, -0.2) is 42.7 Å². The number of nitrogens with zero attached hydrogens (tertiary/aromatic N) is 1. The minimum atomic E-state index is -0.264. The highest BCUT2D eigenvalue weighted by molar-refractivity contribution is 5.99. The van der Waals surface area contributed by atoms with Crippen LogP contribution in [0.5, 0.6) is 5.75 Å². The number of rotatable bonds is 10. The number of nitrogens with one attached hydrogen (secondary N) is 1. The standard InChI is InChI=1S/C23H28N2O4/c1-4-17-8-6-7-9-20(17)24-22(27)16-25(3)23(28)15-14-21(26)18-10-12-19(13-11-18)29-5-2/h6-13H,4-5,14-16H2,1-3H3,(H,24,27). The van der Waals surface area contributed by atoms with Gasteiger partial charge < -0.3 is 15.0 Å². The number of hydrogen-bond donors (Lipinski definition) is 1. The highest BCUT2D eigenvalue weighted by Gasteiger charge is 2.16. The molecule has 29 heavy (non-hydrogen) atoms. The van der Waals surface area contributed by atoms with Crippen LogP contribution in [0.4, 0.5) is 5.69 Å². The number of aryl methyl sites for hydroxylation is 1. The monoisotopic (exact) mass is 396 g/mol. The minimum Gasteiger partial charge on any atom is -0.494 e. The number of ether oxygens (including phenoxy) is 1. The molecule has 2 amide bonds. The number of amides is 2. The number of hydrogen-bond acceptors (Lipinski definition) is 4. The van der Waals surface area contributed by atoms with Gasteiger partial charge in [0.05, 0.1) is 13.2 Å². The summed E-state index contributed by atoms with van der Waals surface area (Å²) in [5, 5.41) is 2.84. The number of anilines is 1. The van der Waals surface area contributed by atoms with Gasteiger partial charge in [0.25, 0.3) is 0 Å². The number of carbonyl (C=O) groups is 3. The maximum absolute atomic E-state index is 12.3. The molecule has 0 radical (unpaired) electrons. The molecular formula is C23H28N2O4. The van der Waals surface area contributed by atoms with E-state index in [9.17, 15) is 14.4 Å². The Balaban J connectivity index is 1.82. The van der Waals surface area contributed by atoms with Crippen LogP contribution in [0.15, 0.2) is 48.5 Å². The molecule has 0 aliphatic carbocycles. The molecule has 0 bridgehead atoms.